The molecule has 6 heteroatoms. The number of hydrogen-bond donors (Lipinski definition) is 2. The molecule has 18 heavy (non-hydrogen) atoms. The smallest absolute Gasteiger partial charge is 0.285 e. The number of nitrogens with two attached hydrogens (primary N) is 1. The zero-order valence-corrected chi connectivity index (χ0v) is 11.2. The summed E-state index contributed by atoms with van der Waals surface area (Å²) in [7, 11) is 3.77. The van der Waals surface area contributed by atoms with Crippen LogP contribution in [0.4, 0.5) is 0 Å². The zero-order chi connectivity index (χ0) is 13.0. The number of amidine groups is 1. The number of aromatic nitrogens is 3. The SMILES string of the molecule is C[N+](C)=C(N)c1n[nH]nc1SCc1ccccc1. The van der Waals surface area contributed by atoms with Crippen molar-refractivity contribution >= 4 is 17.6 Å². The molecule has 0 unspecified atom stereocenters. The largest absolute Gasteiger partial charge is 0.298 e. The van der Waals surface area contributed by atoms with E-state index in [0.29, 0.717) is 11.5 Å². The third kappa shape index (κ3) is 2.89. The van der Waals surface area contributed by atoms with Crippen LogP contribution in [0.2, 0.25) is 0 Å². The fourth-order valence-corrected chi connectivity index (χ4v) is 2.31. The van der Waals surface area contributed by atoms with Crippen molar-refractivity contribution in [1.29, 1.82) is 0 Å². The summed E-state index contributed by atoms with van der Waals surface area (Å²) in [6.45, 7) is 0. The Bertz CT molecular complexity index is 543. The summed E-state index contributed by atoms with van der Waals surface area (Å²) in [4.78, 5) is 0. The highest BCUT2D eigenvalue weighted by Crippen LogP contribution is 2.22. The Morgan fingerprint density at radius 2 is 2.00 bits per heavy atom. The van der Waals surface area contributed by atoms with Crippen LogP contribution in [0.15, 0.2) is 35.4 Å². The highest BCUT2D eigenvalue weighted by molar-refractivity contribution is 7.98. The molecule has 0 saturated heterocycles. The minimum Gasteiger partial charge on any atom is -0.285 e. The standard InChI is InChI=1S/C12H15N5S/c1-17(2)11(13)10-12(15-16-14-10)18-8-9-6-4-3-5-7-9/h3-7H,8H2,1-2H3,(H2,13,14,15,16)/p+1. The molecule has 3 N–H and O–H groups in total. The van der Waals surface area contributed by atoms with Gasteiger partial charge in [-0.05, 0) is 5.56 Å². The molecule has 0 aliphatic heterocycles. The van der Waals surface area contributed by atoms with Crippen LogP contribution in [0.1, 0.15) is 11.3 Å². The third-order valence-electron chi connectivity index (χ3n) is 2.46. The summed E-state index contributed by atoms with van der Waals surface area (Å²) < 4.78 is 1.82. The van der Waals surface area contributed by atoms with E-state index in [2.05, 4.69) is 27.5 Å². The highest BCUT2D eigenvalue weighted by Gasteiger charge is 2.17. The molecule has 0 aliphatic rings. The van der Waals surface area contributed by atoms with Gasteiger partial charge in [0.15, 0.2) is 5.03 Å². The van der Waals surface area contributed by atoms with Crippen molar-refractivity contribution in [2.24, 2.45) is 5.73 Å². The quantitative estimate of drug-likeness (QED) is 0.374. The molecule has 0 atom stereocenters. The van der Waals surface area contributed by atoms with E-state index < -0.39 is 0 Å². The Balaban J connectivity index is 2.12. The van der Waals surface area contributed by atoms with Crippen LogP contribution in [-0.2, 0) is 5.75 Å². The maximum atomic E-state index is 5.96. The van der Waals surface area contributed by atoms with Crippen LogP contribution in [0.3, 0.4) is 0 Å². The maximum Gasteiger partial charge on any atom is 0.298 e. The molecular formula is C12H16N5S+. The summed E-state index contributed by atoms with van der Waals surface area (Å²) in [5.74, 6) is 1.46. The normalized spacial score (nSPS) is 10.3. The third-order valence-corrected chi connectivity index (χ3v) is 3.49. The Morgan fingerprint density at radius 1 is 1.28 bits per heavy atom. The highest BCUT2D eigenvalue weighted by atomic mass is 32.2. The lowest BCUT2D eigenvalue weighted by Crippen LogP contribution is -2.25. The molecule has 0 spiro atoms. The molecule has 0 aliphatic carbocycles. The first kappa shape index (κ1) is 12.6. The minimum atomic E-state index is 0.610. The predicted molar refractivity (Wildman–Crippen MR) is 72.8 cm³/mol. The number of hydrogen-bond acceptors (Lipinski definition) is 3. The lowest BCUT2D eigenvalue weighted by atomic mass is 10.2. The van der Waals surface area contributed by atoms with E-state index in [1.807, 2.05) is 36.9 Å². The fraction of sp³-hybridized carbons (Fsp3) is 0.250. The first-order chi connectivity index (χ1) is 8.68. The number of aromatic amines is 1. The van der Waals surface area contributed by atoms with Gasteiger partial charge in [0, 0.05) is 5.75 Å². The first-order valence-electron chi connectivity index (χ1n) is 5.56. The topological polar surface area (TPSA) is 70.6 Å². The molecule has 0 fully saturated rings. The fourth-order valence-electron chi connectivity index (χ4n) is 1.43. The van der Waals surface area contributed by atoms with Gasteiger partial charge in [0.05, 0.1) is 14.1 Å². The molecule has 0 bridgehead atoms. The predicted octanol–water partition coefficient (Wildman–Crippen LogP) is 1.07. The molecule has 5 nitrogen and oxygen atoms in total. The van der Waals surface area contributed by atoms with E-state index in [4.69, 9.17) is 5.73 Å². The van der Waals surface area contributed by atoms with E-state index in [-0.39, 0.29) is 0 Å². The van der Waals surface area contributed by atoms with Gasteiger partial charge >= 0.3 is 0 Å². The van der Waals surface area contributed by atoms with Gasteiger partial charge in [-0.1, -0.05) is 42.1 Å². The molecule has 1 heterocycles. The Hall–Kier alpha value is -1.82. The number of nitrogens with one attached hydrogen (secondary N) is 1. The van der Waals surface area contributed by atoms with Gasteiger partial charge in [-0.3, -0.25) is 10.3 Å². The lowest BCUT2D eigenvalue weighted by Gasteiger charge is -2.00. The molecule has 2 aromatic rings. The molecule has 94 valence electrons. The molecule has 1 aromatic heterocycles. The molecule has 1 aromatic carbocycles. The van der Waals surface area contributed by atoms with Crippen molar-refractivity contribution in [3.63, 3.8) is 0 Å². The summed E-state index contributed by atoms with van der Waals surface area (Å²) in [5, 5.41) is 11.7. The van der Waals surface area contributed by atoms with Gasteiger partial charge < -0.3 is 0 Å². The Morgan fingerprint density at radius 3 is 2.67 bits per heavy atom. The number of thioether (sulfide) groups is 1. The zero-order valence-electron chi connectivity index (χ0n) is 10.4. The first-order valence-corrected chi connectivity index (χ1v) is 6.54. The Labute approximate surface area is 110 Å². The molecule has 0 radical (unpaired) electrons. The van der Waals surface area contributed by atoms with Crippen LogP contribution in [0.5, 0.6) is 0 Å². The van der Waals surface area contributed by atoms with E-state index in [1.165, 1.54) is 5.56 Å². The van der Waals surface area contributed by atoms with Crippen LogP contribution < -0.4 is 5.73 Å². The van der Waals surface area contributed by atoms with E-state index in [0.717, 1.165) is 10.8 Å². The average molecular weight is 262 g/mol. The van der Waals surface area contributed by atoms with Crippen molar-refractivity contribution in [3.05, 3.63) is 41.6 Å². The number of rotatable bonds is 4. The second kappa shape index (κ2) is 5.68. The van der Waals surface area contributed by atoms with Gasteiger partial charge in [-0.15, -0.1) is 10.2 Å². The molecule has 0 amide bonds. The second-order valence-electron chi connectivity index (χ2n) is 4.03. The van der Waals surface area contributed by atoms with Crippen molar-refractivity contribution < 1.29 is 4.58 Å². The number of benzene rings is 1. The monoisotopic (exact) mass is 262 g/mol. The van der Waals surface area contributed by atoms with Gasteiger partial charge in [-0.2, -0.15) is 5.21 Å². The molecular weight excluding hydrogens is 246 g/mol. The van der Waals surface area contributed by atoms with Gasteiger partial charge in [0.2, 0.25) is 5.69 Å². The molecule has 2 rings (SSSR count). The minimum absolute atomic E-state index is 0.610. The number of nitrogens with zero attached hydrogens (tertiary/aromatic N) is 3. The maximum absolute atomic E-state index is 5.96. The van der Waals surface area contributed by atoms with E-state index >= 15 is 0 Å². The summed E-state index contributed by atoms with van der Waals surface area (Å²) in [6.07, 6.45) is 0. The van der Waals surface area contributed by atoms with Gasteiger partial charge in [0.25, 0.3) is 5.84 Å². The lowest BCUT2D eigenvalue weighted by molar-refractivity contribution is -0.465. The second-order valence-corrected chi connectivity index (χ2v) is 5.00. The Kier molecular flexibility index (Phi) is 3.99. The van der Waals surface area contributed by atoms with Crippen LogP contribution in [0, 0.1) is 0 Å². The van der Waals surface area contributed by atoms with Gasteiger partial charge in [-0.25, -0.2) is 0 Å². The van der Waals surface area contributed by atoms with E-state index in [1.54, 1.807) is 11.8 Å². The van der Waals surface area contributed by atoms with Crippen molar-refractivity contribution in [2.75, 3.05) is 14.1 Å². The summed E-state index contributed by atoms with van der Waals surface area (Å²) in [5.41, 5.74) is 7.92. The average Bonchev–Trinajstić information content (AvgIpc) is 2.84. The van der Waals surface area contributed by atoms with E-state index in [9.17, 15) is 0 Å². The summed E-state index contributed by atoms with van der Waals surface area (Å²) >= 11 is 1.62. The van der Waals surface area contributed by atoms with Crippen LogP contribution >= 0.6 is 11.8 Å². The molecule has 0 saturated carbocycles. The number of H-pyrrole nitrogens is 1. The van der Waals surface area contributed by atoms with Crippen molar-refractivity contribution in [2.45, 2.75) is 10.8 Å². The van der Waals surface area contributed by atoms with Crippen LogP contribution in [-0.4, -0.2) is 39.9 Å². The van der Waals surface area contributed by atoms with Crippen molar-refractivity contribution in [3.8, 4) is 0 Å². The van der Waals surface area contributed by atoms with Crippen molar-refractivity contribution in [1.82, 2.24) is 15.4 Å². The van der Waals surface area contributed by atoms with Crippen LogP contribution in [0.25, 0.3) is 0 Å². The van der Waals surface area contributed by atoms with Gasteiger partial charge in [0.1, 0.15) is 0 Å². The summed E-state index contributed by atoms with van der Waals surface area (Å²) in [6, 6.07) is 10.2.